The Morgan fingerprint density at radius 3 is 2.00 bits per heavy atom. The van der Waals surface area contributed by atoms with Crippen molar-refractivity contribution in [2.24, 2.45) is 0 Å². The zero-order valence-electron chi connectivity index (χ0n) is 14.4. The summed E-state index contributed by atoms with van der Waals surface area (Å²) in [6, 6.07) is 24.2. The lowest BCUT2D eigenvalue weighted by atomic mass is 9.91. The van der Waals surface area contributed by atoms with E-state index in [9.17, 15) is 12.8 Å². The molecule has 5 heteroatoms. The van der Waals surface area contributed by atoms with Crippen molar-refractivity contribution in [1.82, 2.24) is 4.31 Å². The van der Waals surface area contributed by atoms with Gasteiger partial charge in [-0.15, -0.1) is 0 Å². The van der Waals surface area contributed by atoms with Crippen LogP contribution in [0.25, 0.3) is 0 Å². The van der Waals surface area contributed by atoms with E-state index in [2.05, 4.69) is 0 Å². The van der Waals surface area contributed by atoms with Crippen LogP contribution in [0.15, 0.2) is 89.8 Å². The molecule has 3 rings (SSSR count). The van der Waals surface area contributed by atoms with Crippen LogP contribution in [0.2, 0.25) is 0 Å². The second kappa shape index (κ2) is 7.81. The molecular weight excluding hydrogens is 349 g/mol. The summed E-state index contributed by atoms with van der Waals surface area (Å²) in [5.41, 5.74) is 1.35. The average molecular weight is 369 g/mol. The number of nitrogens with zero attached hydrogens (tertiary/aromatic N) is 1. The molecule has 0 aliphatic carbocycles. The first-order valence-corrected chi connectivity index (χ1v) is 9.75. The molecule has 0 N–H and O–H groups in total. The summed E-state index contributed by atoms with van der Waals surface area (Å²) in [4.78, 5) is 0.225. The van der Waals surface area contributed by atoms with Gasteiger partial charge in [-0.05, 0) is 29.3 Å². The molecule has 0 amide bonds. The molecule has 0 aromatic heterocycles. The van der Waals surface area contributed by atoms with Crippen molar-refractivity contribution >= 4 is 10.0 Å². The van der Waals surface area contributed by atoms with E-state index in [0.29, 0.717) is 5.56 Å². The Hall–Kier alpha value is -2.50. The lowest BCUT2D eigenvalue weighted by Crippen LogP contribution is -2.32. The van der Waals surface area contributed by atoms with Crippen LogP contribution in [-0.4, -0.2) is 26.3 Å². The first kappa shape index (κ1) is 18.3. The molecule has 0 spiro atoms. The molecule has 1 atom stereocenters. The van der Waals surface area contributed by atoms with Crippen molar-refractivity contribution in [2.75, 3.05) is 13.6 Å². The highest BCUT2D eigenvalue weighted by Gasteiger charge is 2.26. The third-order valence-electron chi connectivity index (χ3n) is 4.37. The molecule has 0 aliphatic rings. The monoisotopic (exact) mass is 369 g/mol. The Morgan fingerprint density at radius 1 is 0.846 bits per heavy atom. The molecule has 3 aromatic carbocycles. The molecule has 0 unspecified atom stereocenters. The molecule has 0 heterocycles. The highest BCUT2D eigenvalue weighted by Crippen LogP contribution is 2.29. The van der Waals surface area contributed by atoms with Crippen molar-refractivity contribution in [3.63, 3.8) is 0 Å². The van der Waals surface area contributed by atoms with Crippen molar-refractivity contribution in [1.29, 1.82) is 0 Å². The van der Waals surface area contributed by atoms with E-state index in [1.165, 1.54) is 17.4 Å². The molecule has 0 aliphatic heterocycles. The Morgan fingerprint density at radius 2 is 1.38 bits per heavy atom. The van der Waals surface area contributed by atoms with Crippen LogP contribution in [0.4, 0.5) is 4.39 Å². The molecule has 3 aromatic rings. The first-order chi connectivity index (χ1) is 12.5. The SMILES string of the molecule is CN(C[C@@H](c1ccccc1)c1ccccc1F)S(=O)(=O)c1ccccc1. The maximum atomic E-state index is 14.4. The summed E-state index contributed by atoms with van der Waals surface area (Å²) in [6.07, 6.45) is 0. The maximum absolute atomic E-state index is 14.4. The standard InChI is InChI=1S/C21H20FNO2S/c1-23(26(24,25)18-12-6-3-7-13-18)16-20(17-10-4-2-5-11-17)19-14-8-9-15-21(19)22/h2-15,20H,16H2,1H3/t20-/m0/s1. The highest BCUT2D eigenvalue weighted by atomic mass is 32.2. The molecule has 26 heavy (non-hydrogen) atoms. The van der Waals surface area contributed by atoms with E-state index in [-0.39, 0.29) is 17.3 Å². The number of hydrogen-bond donors (Lipinski definition) is 0. The molecule has 0 radical (unpaired) electrons. The van der Waals surface area contributed by atoms with Gasteiger partial charge in [0.1, 0.15) is 5.82 Å². The van der Waals surface area contributed by atoms with Gasteiger partial charge in [0.2, 0.25) is 10.0 Å². The van der Waals surface area contributed by atoms with Gasteiger partial charge >= 0.3 is 0 Å². The number of likely N-dealkylation sites (N-methyl/N-ethyl adjacent to an activating group) is 1. The van der Waals surface area contributed by atoms with Crippen LogP contribution >= 0.6 is 0 Å². The molecule has 0 bridgehead atoms. The molecule has 3 nitrogen and oxygen atoms in total. The van der Waals surface area contributed by atoms with E-state index in [1.807, 2.05) is 30.3 Å². The average Bonchev–Trinajstić information content (AvgIpc) is 2.68. The number of halogens is 1. The summed E-state index contributed by atoms with van der Waals surface area (Å²) < 4.78 is 41.4. The van der Waals surface area contributed by atoms with Crippen LogP contribution < -0.4 is 0 Å². The fraction of sp³-hybridized carbons (Fsp3) is 0.143. The second-order valence-corrected chi connectivity index (χ2v) is 8.13. The van der Waals surface area contributed by atoms with Gasteiger partial charge in [-0.3, -0.25) is 0 Å². The van der Waals surface area contributed by atoms with Crippen molar-refractivity contribution in [3.05, 3.63) is 102 Å². The second-order valence-electron chi connectivity index (χ2n) is 6.08. The normalized spacial score (nSPS) is 12.9. The third-order valence-corrected chi connectivity index (χ3v) is 6.21. The van der Waals surface area contributed by atoms with Gasteiger partial charge in [0.05, 0.1) is 4.90 Å². The predicted octanol–water partition coefficient (Wildman–Crippen LogP) is 4.28. The van der Waals surface area contributed by atoms with E-state index < -0.39 is 15.9 Å². The zero-order valence-corrected chi connectivity index (χ0v) is 15.2. The van der Waals surface area contributed by atoms with Gasteiger partial charge in [-0.25, -0.2) is 12.8 Å². The minimum absolute atomic E-state index is 0.141. The fourth-order valence-corrected chi connectivity index (χ4v) is 4.16. The van der Waals surface area contributed by atoms with Crippen molar-refractivity contribution in [2.45, 2.75) is 10.8 Å². The highest BCUT2D eigenvalue weighted by molar-refractivity contribution is 7.89. The zero-order chi connectivity index (χ0) is 18.6. The van der Waals surface area contributed by atoms with Gasteiger partial charge in [0.25, 0.3) is 0 Å². The maximum Gasteiger partial charge on any atom is 0.242 e. The Labute approximate surface area is 153 Å². The Balaban J connectivity index is 1.98. The summed E-state index contributed by atoms with van der Waals surface area (Å²) in [7, 11) is -2.13. The van der Waals surface area contributed by atoms with Crippen molar-refractivity contribution < 1.29 is 12.8 Å². The molecule has 0 saturated heterocycles. The van der Waals surface area contributed by atoms with E-state index in [4.69, 9.17) is 0 Å². The number of rotatable bonds is 6. The van der Waals surface area contributed by atoms with E-state index in [1.54, 1.807) is 48.5 Å². The topological polar surface area (TPSA) is 37.4 Å². The third kappa shape index (κ3) is 3.84. The summed E-state index contributed by atoms with van der Waals surface area (Å²) in [6.45, 7) is 0.141. The largest absolute Gasteiger partial charge is 0.242 e. The smallest absolute Gasteiger partial charge is 0.207 e. The lowest BCUT2D eigenvalue weighted by molar-refractivity contribution is 0.448. The Kier molecular flexibility index (Phi) is 5.49. The minimum atomic E-state index is -3.65. The fourth-order valence-electron chi connectivity index (χ4n) is 2.95. The van der Waals surface area contributed by atoms with Gasteiger partial charge < -0.3 is 0 Å². The minimum Gasteiger partial charge on any atom is -0.207 e. The van der Waals surface area contributed by atoms with Crippen LogP contribution in [0.1, 0.15) is 17.0 Å². The van der Waals surface area contributed by atoms with Crippen molar-refractivity contribution in [3.8, 4) is 0 Å². The van der Waals surface area contributed by atoms with Gasteiger partial charge in [0.15, 0.2) is 0 Å². The van der Waals surface area contributed by atoms with E-state index in [0.717, 1.165) is 5.56 Å². The van der Waals surface area contributed by atoms with E-state index >= 15 is 0 Å². The summed E-state index contributed by atoms with van der Waals surface area (Å²) in [5, 5.41) is 0. The van der Waals surface area contributed by atoms with Gasteiger partial charge in [-0.1, -0.05) is 66.7 Å². The Bertz CT molecular complexity index is 960. The summed E-state index contributed by atoms with van der Waals surface area (Å²) >= 11 is 0. The molecular formula is C21H20FNO2S. The van der Waals surface area contributed by atoms with Crippen LogP contribution in [-0.2, 0) is 10.0 Å². The van der Waals surface area contributed by atoms with Crippen LogP contribution in [0.5, 0.6) is 0 Å². The number of benzene rings is 3. The quantitative estimate of drug-likeness (QED) is 0.650. The van der Waals surface area contributed by atoms with Gasteiger partial charge in [0, 0.05) is 19.5 Å². The lowest BCUT2D eigenvalue weighted by Gasteiger charge is -2.25. The molecule has 0 fully saturated rings. The predicted molar refractivity (Wildman–Crippen MR) is 101 cm³/mol. The first-order valence-electron chi connectivity index (χ1n) is 8.31. The molecule has 134 valence electrons. The van der Waals surface area contributed by atoms with Crippen LogP contribution in [0.3, 0.4) is 0 Å². The van der Waals surface area contributed by atoms with Gasteiger partial charge in [-0.2, -0.15) is 4.31 Å². The number of hydrogen-bond acceptors (Lipinski definition) is 2. The number of sulfonamides is 1. The van der Waals surface area contributed by atoms with Crippen LogP contribution in [0, 0.1) is 5.82 Å². The summed E-state index contributed by atoms with van der Waals surface area (Å²) in [5.74, 6) is -0.743. The molecule has 0 saturated carbocycles.